The predicted molar refractivity (Wildman–Crippen MR) is 83.6 cm³/mol. The molecular weight excluding hydrogens is 268 g/mol. The first-order valence-corrected chi connectivity index (χ1v) is 7.62. The first-order chi connectivity index (χ1) is 10.1. The molecule has 1 aliphatic rings. The molecule has 1 saturated heterocycles. The number of nitrogens with one attached hydrogen (secondary N) is 2. The third kappa shape index (κ3) is 4.82. The Hall–Kier alpha value is -1.40. The third-order valence-corrected chi connectivity index (χ3v) is 3.63. The van der Waals surface area contributed by atoms with E-state index in [4.69, 9.17) is 9.47 Å². The van der Waals surface area contributed by atoms with Crippen LogP contribution in [-0.4, -0.2) is 42.4 Å². The van der Waals surface area contributed by atoms with Crippen molar-refractivity contribution in [1.82, 2.24) is 9.97 Å². The summed E-state index contributed by atoms with van der Waals surface area (Å²) in [4.78, 5) is 9.01. The monoisotopic (exact) mass is 294 g/mol. The van der Waals surface area contributed by atoms with Crippen LogP contribution >= 0.6 is 0 Å². The summed E-state index contributed by atoms with van der Waals surface area (Å²) in [5.41, 5.74) is 0.0268. The van der Waals surface area contributed by atoms with Crippen LogP contribution < -0.4 is 10.6 Å². The Labute approximate surface area is 126 Å². The van der Waals surface area contributed by atoms with Gasteiger partial charge in [-0.3, -0.25) is 0 Å². The van der Waals surface area contributed by atoms with Crippen LogP contribution in [0.3, 0.4) is 0 Å². The van der Waals surface area contributed by atoms with E-state index in [1.807, 2.05) is 6.07 Å². The molecule has 0 saturated carbocycles. The smallest absolute Gasteiger partial charge is 0.158 e. The zero-order chi connectivity index (χ0) is 15.1. The summed E-state index contributed by atoms with van der Waals surface area (Å²) in [5, 5.41) is 6.86. The van der Waals surface area contributed by atoms with Gasteiger partial charge in [-0.15, -0.1) is 0 Å². The molecule has 1 aromatic heterocycles. The summed E-state index contributed by atoms with van der Waals surface area (Å²) in [6, 6.07) is 1.97. The number of anilines is 2. The van der Waals surface area contributed by atoms with Crippen LogP contribution in [0.4, 0.5) is 11.6 Å². The fourth-order valence-corrected chi connectivity index (χ4v) is 2.35. The minimum absolute atomic E-state index is 0.0268. The minimum Gasteiger partial charge on any atom is -0.381 e. The van der Waals surface area contributed by atoms with Crippen LogP contribution in [0.15, 0.2) is 6.07 Å². The average Bonchev–Trinajstić information content (AvgIpc) is 2.45. The standard InChI is InChI=1S/C15H26N4O2/c1-4-7-16-12-10-13(18-14(17-12)11-20-3)19-15(2)5-8-21-9-6-15/h10H,4-9,11H2,1-3H3,(H2,16,17,18,19). The maximum Gasteiger partial charge on any atom is 0.158 e. The number of hydrogen-bond donors (Lipinski definition) is 2. The Kier molecular flexibility index (Phi) is 5.76. The van der Waals surface area contributed by atoms with Gasteiger partial charge >= 0.3 is 0 Å². The Bertz CT molecular complexity index is 447. The van der Waals surface area contributed by atoms with Gasteiger partial charge in [-0.25, -0.2) is 9.97 Å². The number of hydrogen-bond acceptors (Lipinski definition) is 6. The third-order valence-electron chi connectivity index (χ3n) is 3.63. The Morgan fingerprint density at radius 3 is 2.67 bits per heavy atom. The second kappa shape index (κ2) is 7.56. The number of ether oxygens (including phenoxy) is 2. The van der Waals surface area contributed by atoms with Gasteiger partial charge in [0.2, 0.25) is 0 Å². The molecule has 118 valence electrons. The summed E-state index contributed by atoms with van der Waals surface area (Å²) in [5.74, 6) is 2.38. The van der Waals surface area contributed by atoms with Crippen molar-refractivity contribution >= 4 is 11.6 Å². The van der Waals surface area contributed by atoms with Crippen molar-refractivity contribution in [2.24, 2.45) is 0 Å². The lowest BCUT2D eigenvalue weighted by Gasteiger charge is -2.35. The van der Waals surface area contributed by atoms with E-state index in [0.29, 0.717) is 12.4 Å². The molecule has 6 nitrogen and oxygen atoms in total. The second-order valence-corrected chi connectivity index (χ2v) is 5.71. The van der Waals surface area contributed by atoms with E-state index in [1.165, 1.54) is 0 Å². The number of nitrogens with zero attached hydrogens (tertiary/aromatic N) is 2. The normalized spacial score (nSPS) is 17.5. The molecule has 1 aromatic rings. The molecule has 1 aliphatic heterocycles. The van der Waals surface area contributed by atoms with Crippen LogP contribution in [0.25, 0.3) is 0 Å². The lowest BCUT2D eigenvalue weighted by atomic mass is 9.92. The maximum atomic E-state index is 5.44. The zero-order valence-corrected chi connectivity index (χ0v) is 13.2. The van der Waals surface area contributed by atoms with Crippen molar-refractivity contribution in [1.29, 1.82) is 0 Å². The van der Waals surface area contributed by atoms with Gasteiger partial charge in [0.1, 0.15) is 18.2 Å². The largest absolute Gasteiger partial charge is 0.381 e. The molecule has 0 aliphatic carbocycles. The summed E-state index contributed by atoms with van der Waals surface area (Å²) in [7, 11) is 1.66. The van der Waals surface area contributed by atoms with E-state index in [2.05, 4.69) is 34.4 Å². The summed E-state index contributed by atoms with van der Waals surface area (Å²) in [6.07, 6.45) is 3.02. The molecular formula is C15H26N4O2. The van der Waals surface area contributed by atoms with Crippen molar-refractivity contribution in [2.45, 2.75) is 45.3 Å². The lowest BCUT2D eigenvalue weighted by Crippen LogP contribution is -2.41. The summed E-state index contributed by atoms with van der Waals surface area (Å²) in [6.45, 7) is 7.24. The van der Waals surface area contributed by atoms with Gasteiger partial charge in [0.15, 0.2) is 5.82 Å². The molecule has 0 spiro atoms. The minimum atomic E-state index is 0.0268. The van der Waals surface area contributed by atoms with Crippen LogP contribution in [0.5, 0.6) is 0 Å². The first kappa shape index (κ1) is 16.0. The molecule has 2 N–H and O–H groups in total. The number of methoxy groups -OCH3 is 1. The van der Waals surface area contributed by atoms with E-state index in [0.717, 1.165) is 50.7 Å². The fourth-order valence-electron chi connectivity index (χ4n) is 2.35. The van der Waals surface area contributed by atoms with E-state index in [-0.39, 0.29) is 5.54 Å². The highest BCUT2D eigenvalue weighted by atomic mass is 16.5. The van der Waals surface area contributed by atoms with Crippen LogP contribution in [0, 0.1) is 0 Å². The summed E-state index contributed by atoms with van der Waals surface area (Å²) < 4.78 is 10.6. The second-order valence-electron chi connectivity index (χ2n) is 5.71. The molecule has 0 amide bonds. The first-order valence-electron chi connectivity index (χ1n) is 7.62. The van der Waals surface area contributed by atoms with Gasteiger partial charge in [0.05, 0.1) is 0 Å². The maximum absolute atomic E-state index is 5.44. The Morgan fingerprint density at radius 2 is 2.00 bits per heavy atom. The zero-order valence-electron chi connectivity index (χ0n) is 13.2. The predicted octanol–water partition coefficient (Wildman–Crippen LogP) is 2.43. The van der Waals surface area contributed by atoms with E-state index < -0.39 is 0 Å². The fraction of sp³-hybridized carbons (Fsp3) is 0.733. The summed E-state index contributed by atoms with van der Waals surface area (Å²) >= 11 is 0. The van der Waals surface area contributed by atoms with Crippen LogP contribution in [0.2, 0.25) is 0 Å². The molecule has 0 bridgehead atoms. The van der Waals surface area contributed by atoms with Crippen LogP contribution in [-0.2, 0) is 16.1 Å². The highest BCUT2D eigenvalue weighted by Crippen LogP contribution is 2.25. The molecule has 0 aromatic carbocycles. The van der Waals surface area contributed by atoms with Gasteiger partial charge in [-0.1, -0.05) is 6.92 Å². The molecule has 0 radical (unpaired) electrons. The van der Waals surface area contributed by atoms with Gasteiger partial charge in [-0.05, 0) is 26.2 Å². The molecule has 6 heteroatoms. The van der Waals surface area contributed by atoms with Crippen molar-refractivity contribution in [2.75, 3.05) is 37.5 Å². The highest BCUT2D eigenvalue weighted by Gasteiger charge is 2.27. The molecule has 0 atom stereocenters. The lowest BCUT2D eigenvalue weighted by molar-refractivity contribution is 0.0657. The van der Waals surface area contributed by atoms with Crippen molar-refractivity contribution in [3.63, 3.8) is 0 Å². The molecule has 2 rings (SSSR count). The van der Waals surface area contributed by atoms with E-state index >= 15 is 0 Å². The van der Waals surface area contributed by atoms with Crippen molar-refractivity contribution in [3.8, 4) is 0 Å². The quantitative estimate of drug-likeness (QED) is 0.805. The van der Waals surface area contributed by atoms with Crippen molar-refractivity contribution in [3.05, 3.63) is 11.9 Å². The molecule has 0 unspecified atom stereocenters. The SMILES string of the molecule is CCCNc1cc(NC2(C)CCOCC2)nc(COC)n1. The highest BCUT2D eigenvalue weighted by molar-refractivity contribution is 5.49. The topological polar surface area (TPSA) is 68.3 Å². The Balaban J connectivity index is 2.14. The molecule has 21 heavy (non-hydrogen) atoms. The van der Waals surface area contributed by atoms with Crippen LogP contribution in [0.1, 0.15) is 38.9 Å². The number of rotatable bonds is 7. The van der Waals surface area contributed by atoms with Gasteiger partial charge in [0.25, 0.3) is 0 Å². The Morgan fingerprint density at radius 1 is 1.29 bits per heavy atom. The van der Waals surface area contributed by atoms with Gasteiger partial charge < -0.3 is 20.1 Å². The van der Waals surface area contributed by atoms with E-state index in [1.54, 1.807) is 7.11 Å². The van der Waals surface area contributed by atoms with Gasteiger partial charge in [0, 0.05) is 38.5 Å². The molecule has 2 heterocycles. The van der Waals surface area contributed by atoms with E-state index in [9.17, 15) is 0 Å². The molecule has 1 fully saturated rings. The van der Waals surface area contributed by atoms with Gasteiger partial charge in [-0.2, -0.15) is 0 Å². The number of aromatic nitrogens is 2. The average molecular weight is 294 g/mol. The van der Waals surface area contributed by atoms with Crippen molar-refractivity contribution < 1.29 is 9.47 Å².